The number of carbonyl (C=O) groups is 1. The van der Waals surface area contributed by atoms with Crippen molar-refractivity contribution in [3.8, 4) is 11.5 Å². The third kappa shape index (κ3) is 3.92. The number of fused-ring (bicyclic) bond motifs is 2. The van der Waals surface area contributed by atoms with Gasteiger partial charge >= 0.3 is 0 Å². The van der Waals surface area contributed by atoms with Gasteiger partial charge in [-0.15, -0.1) is 0 Å². The number of carbonyl (C=O) groups excluding carboxylic acids is 1. The average molecular weight is 476 g/mol. The second kappa shape index (κ2) is 8.57. The maximum Gasteiger partial charge on any atom is 0.259 e. The van der Waals surface area contributed by atoms with Crippen LogP contribution in [0.25, 0.3) is 5.52 Å². The van der Waals surface area contributed by atoms with Gasteiger partial charge in [0.1, 0.15) is 24.8 Å². The molecule has 4 aromatic rings. The van der Waals surface area contributed by atoms with E-state index in [2.05, 4.69) is 10.4 Å². The highest BCUT2D eigenvalue weighted by Gasteiger charge is 2.29. The number of rotatable bonds is 4. The molecule has 1 atom stereocenters. The number of anilines is 2. The van der Waals surface area contributed by atoms with Crippen molar-refractivity contribution in [1.82, 2.24) is 9.61 Å². The number of hydrogen-bond donors (Lipinski definition) is 1. The quantitative estimate of drug-likeness (QED) is 0.450. The summed E-state index contributed by atoms with van der Waals surface area (Å²) in [7, 11) is 0. The first-order valence-corrected chi connectivity index (χ1v) is 11.5. The Kier molecular flexibility index (Phi) is 5.24. The van der Waals surface area contributed by atoms with Crippen molar-refractivity contribution in [2.45, 2.75) is 18.9 Å². The first-order valence-electron chi connectivity index (χ1n) is 11.5. The number of ether oxygens (including phenoxy) is 2. The maximum absolute atomic E-state index is 14.5. The van der Waals surface area contributed by atoms with Crippen LogP contribution in [0.1, 0.15) is 34.8 Å². The Morgan fingerprint density at radius 3 is 2.77 bits per heavy atom. The molecule has 2 aromatic carbocycles. The Labute approximate surface area is 199 Å². The summed E-state index contributed by atoms with van der Waals surface area (Å²) in [6.45, 7) is 1.65. The molecule has 2 aliphatic heterocycles. The molecule has 1 amide bonds. The van der Waals surface area contributed by atoms with E-state index in [1.54, 1.807) is 28.9 Å². The van der Waals surface area contributed by atoms with Crippen LogP contribution in [-0.4, -0.2) is 35.3 Å². The van der Waals surface area contributed by atoms with Crippen LogP contribution in [0.2, 0.25) is 0 Å². The van der Waals surface area contributed by atoms with Gasteiger partial charge in [0.05, 0.1) is 23.3 Å². The van der Waals surface area contributed by atoms with Gasteiger partial charge in [-0.05, 0) is 55.3 Å². The van der Waals surface area contributed by atoms with Crippen molar-refractivity contribution in [3.05, 3.63) is 83.7 Å². The molecule has 0 spiro atoms. The number of hydrogen-bond acceptors (Lipinski definition) is 5. The van der Waals surface area contributed by atoms with Gasteiger partial charge in [0.15, 0.2) is 11.5 Å². The second-order valence-corrected chi connectivity index (χ2v) is 8.60. The van der Waals surface area contributed by atoms with Crippen LogP contribution >= 0.6 is 0 Å². The summed E-state index contributed by atoms with van der Waals surface area (Å²) >= 11 is 0. The number of nitrogens with zero attached hydrogens (tertiary/aromatic N) is 3. The first kappa shape index (κ1) is 21.4. The zero-order chi connectivity index (χ0) is 23.9. The van der Waals surface area contributed by atoms with Gasteiger partial charge in [-0.25, -0.2) is 13.3 Å². The summed E-state index contributed by atoms with van der Waals surface area (Å²) in [5.74, 6) is 0.0272. The lowest BCUT2D eigenvalue weighted by molar-refractivity contribution is 0.102. The molecule has 0 radical (unpaired) electrons. The average Bonchev–Trinajstić information content (AvgIpc) is 3.52. The SMILES string of the molecule is O=C(Nc1ccc2c(c1)OCCO2)c1cnn2ccc(N3CCC[C@@H]3c3cc(F)ccc3F)cc12. The smallest absolute Gasteiger partial charge is 0.259 e. The van der Waals surface area contributed by atoms with E-state index in [4.69, 9.17) is 9.47 Å². The largest absolute Gasteiger partial charge is 0.486 e. The molecule has 0 unspecified atom stereocenters. The van der Waals surface area contributed by atoms with Crippen LogP contribution in [0.5, 0.6) is 11.5 Å². The van der Waals surface area contributed by atoms with Crippen molar-refractivity contribution >= 4 is 22.8 Å². The van der Waals surface area contributed by atoms with E-state index in [9.17, 15) is 13.6 Å². The Hall–Kier alpha value is -4.14. The lowest BCUT2D eigenvalue weighted by Crippen LogP contribution is -2.23. The number of amides is 1. The highest BCUT2D eigenvalue weighted by atomic mass is 19.1. The Balaban J connectivity index is 1.29. The number of nitrogens with one attached hydrogen (secondary N) is 1. The van der Waals surface area contributed by atoms with E-state index < -0.39 is 11.6 Å². The van der Waals surface area contributed by atoms with Crippen molar-refractivity contribution in [3.63, 3.8) is 0 Å². The summed E-state index contributed by atoms with van der Waals surface area (Å²) in [6, 6.07) is 12.3. The standard InChI is InChI=1S/C26H22F2N4O3/c27-16-3-5-21(28)19(12-16)22-2-1-8-31(22)18-7-9-32-23(14-18)20(15-29-32)26(33)30-17-4-6-24-25(13-17)35-11-10-34-24/h3-7,9,12-15,22H,1-2,8,10-11H2,(H,30,33)/t22-/m1/s1. The third-order valence-electron chi connectivity index (χ3n) is 6.45. The van der Waals surface area contributed by atoms with E-state index in [-0.39, 0.29) is 11.9 Å². The molecule has 35 heavy (non-hydrogen) atoms. The fourth-order valence-corrected chi connectivity index (χ4v) is 4.81. The molecule has 9 heteroatoms. The Morgan fingerprint density at radius 1 is 1.03 bits per heavy atom. The van der Waals surface area contributed by atoms with Crippen LogP contribution in [0.4, 0.5) is 20.2 Å². The van der Waals surface area contributed by atoms with Crippen molar-refractivity contribution < 1.29 is 23.0 Å². The highest BCUT2D eigenvalue weighted by Crippen LogP contribution is 2.38. The molecule has 6 rings (SSSR count). The van der Waals surface area contributed by atoms with Gasteiger partial charge in [0, 0.05) is 35.7 Å². The van der Waals surface area contributed by atoms with E-state index in [1.807, 2.05) is 17.0 Å². The molecule has 1 N–H and O–H groups in total. The van der Waals surface area contributed by atoms with E-state index in [0.29, 0.717) is 60.0 Å². The van der Waals surface area contributed by atoms with Crippen molar-refractivity contribution in [1.29, 1.82) is 0 Å². The summed E-state index contributed by atoms with van der Waals surface area (Å²) in [6.07, 6.45) is 4.84. The minimum absolute atomic E-state index is 0.286. The molecule has 4 heterocycles. The van der Waals surface area contributed by atoms with E-state index in [1.165, 1.54) is 18.3 Å². The number of aromatic nitrogens is 2. The lowest BCUT2D eigenvalue weighted by Gasteiger charge is -2.27. The van der Waals surface area contributed by atoms with Crippen LogP contribution < -0.4 is 19.7 Å². The summed E-state index contributed by atoms with van der Waals surface area (Å²) in [4.78, 5) is 15.2. The summed E-state index contributed by atoms with van der Waals surface area (Å²) < 4.78 is 41.1. The number of halogens is 2. The van der Waals surface area contributed by atoms with Gasteiger partial charge in [-0.3, -0.25) is 4.79 Å². The molecule has 0 saturated carbocycles. The van der Waals surface area contributed by atoms with Crippen LogP contribution in [0, 0.1) is 11.6 Å². The molecule has 1 saturated heterocycles. The van der Waals surface area contributed by atoms with E-state index in [0.717, 1.165) is 18.2 Å². The van der Waals surface area contributed by atoms with Gasteiger partial charge in [-0.1, -0.05) is 0 Å². The molecule has 2 aliphatic rings. The Morgan fingerprint density at radius 2 is 1.89 bits per heavy atom. The van der Waals surface area contributed by atoms with Crippen molar-refractivity contribution in [2.24, 2.45) is 0 Å². The molecular weight excluding hydrogens is 454 g/mol. The highest BCUT2D eigenvalue weighted by molar-refractivity contribution is 6.09. The number of pyridine rings is 1. The minimum atomic E-state index is -0.461. The zero-order valence-corrected chi connectivity index (χ0v) is 18.7. The lowest BCUT2D eigenvalue weighted by atomic mass is 10.0. The van der Waals surface area contributed by atoms with Crippen molar-refractivity contribution in [2.75, 3.05) is 30.0 Å². The second-order valence-electron chi connectivity index (χ2n) is 8.60. The predicted octanol–water partition coefficient (Wildman–Crippen LogP) is 4.98. The third-order valence-corrected chi connectivity index (χ3v) is 6.45. The molecule has 1 fully saturated rings. The van der Waals surface area contributed by atoms with E-state index >= 15 is 0 Å². The first-order chi connectivity index (χ1) is 17.1. The normalized spacial score (nSPS) is 17.1. The van der Waals surface area contributed by atoms with Crippen LogP contribution in [0.15, 0.2) is 60.9 Å². The summed E-state index contributed by atoms with van der Waals surface area (Å²) in [5, 5.41) is 7.20. The van der Waals surface area contributed by atoms with Gasteiger partial charge in [-0.2, -0.15) is 5.10 Å². The van der Waals surface area contributed by atoms with Gasteiger partial charge in [0.25, 0.3) is 5.91 Å². The molecule has 0 bridgehead atoms. The molecule has 178 valence electrons. The fourth-order valence-electron chi connectivity index (χ4n) is 4.81. The molecule has 7 nitrogen and oxygen atoms in total. The molecule has 2 aromatic heterocycles. The molecular formula is C26H22F2N4O3. The fraction of sp³-hybridized carbons (Fsp3) is 0.231. The minimum Gasteiger partial charge on any atom is -0.486 e. The monoisotopic (exact) mass is 476 g/mol. The van der Waals surface area contributed by atoms with Crippen LogP contribution in [0.3, 0.4) is 0 Å². The summed E-state index contributed by atoms with van der Waals surface area (Å²) in [5.41, 5.74) is 2.75. The van der Waals surface area contributed by atoms with Gasteiger partial charge in [0.2, 0.25) is 0 Å². The predicted molar refractivity (Wildman–Crippen MR) is 126 cm³/mol. The zero-order valence-electron chi connectivity index (χ0n) is 18.7. The Bertz CT molecular complexity index is 1440. The number of benzene rings is 2. The molecule has 0 aliphatic carbocycles. The van der Waals surface area contributed by atoms with Crippen LogP contribution in [-0.2, 0) is 0 Å². The van der Waals surface area contributed by atoms with Gasteiger partial charge < -0.3 is 19.7 Å². The maximum atomic E-state index is 14.5. The topological polar surface area (TPSA) is 68.1 Å².